The lowest BCUT2D eigenvalue weighted by Gasteiger charge is -2.24. The molecule has 0 saturated carbocycles. The average molecular weight is 349 g/mol. The van der Waals surface area contributed by atoms with Gasteiger partial charge >= 0.3 is 0 Å². The molecule has 1 nitrogen and oxygen atoms in total. The van der Waals surface area contributed by atoms with Crippen LogP contribution >= 0.6 is 0 Å². The highest BCUT2D eigenvalue weighted by Gasteiger charge is 2.23. The summed E-state index contributed by atoms with van der Waals surface area (Å²) in [5.74, 6) is 0.486. The number of rotatable bonds is 2. The van der Waals surface area contributed by atoms with Crippen molar-refractivity contribution in [3.8, 4) is 11.1 Å². The van der Waals surface area contributed by atoms with E-state index in [0.717, 1.165) is 6.42 Å². The van der Waals surface area contributed by atoms with Crippen molar-refractivity contribution in [1.29, 1.82) is 0 Å². The van der Waals surface area contributed by atoms with Crippen molar-refractivity contribution in [3.05, 3.63) is 97.1 Å². The van der Waals surface area contributed by atoms with E-state index in [2.05, 4.69) is 109 Å². The lowest BCUT2D eigenvalue weighted by molar-refractivity contribution is 0.435. The zero-order chi connectivity index (χ0) is 18.2. The zero-order valence-corrected chi connectivity index (χ0v) is 15.5. The molecule has 0 amide bonds. The maximum absolute atomic E-state index is 2.57. The van der Waals surface area contributed by atoms with Crippen LogP contribution in [-0.2, 0) is 0 Å². The number of allylic oxidation sites excluding steroid dienone is 4. The van der Waals surface area contributed by atoms with E-state index < -0.39 is 0 Å². The van der Waals surface area contributed by atoms with Crippen molar-refractivity contribution in [2.45, 2.75) is 19.4 Å². The molecule has 4 aromatic rings. The summed E-state index contributed by atoms with van der Waals surface area (Å²) in [4.78, 5) is 0. The summed E-state index contributed by atoms with van der Waals surface area (Å²) in [5, 5.41) is 2.71. The molecule has 132 valence electrons. The fraction of sp³-hybridized carbons (Fsp3) is 0.154. The van der Waals surface area contributed by atoms with Crippen LogP contribution in [0.3, 0.4) is 0 Å². The molecule has 5 rings (SSSR count). The molecule has 0 spiro atoms. The average Bonchev–Trinajstić information content (AvgIpc) is 2.91. The first-order chi connectivity index (χ1) is 13.3. The topological polar surface area (TPSA) is 4.93 Å². The van der Waals surface area contributed by atoms with Crippen molar-refractivity contribution in [1.82, 2.24) is 4.57 Å². The van der Waals surface area contributed by atoms with Crippen LogP contribution in [0.2, 0.25) is 0 Å². The molecule has 1 heteroatoms. The third-order valence-corrected chi connectivity index (χ3v) is 5.80. The maximum Gasteiger partial charge on any atom is 0.0500 e. The molecule has 3 aromatic carbocycles. The molecule has 0 aliphatic heterocycles. The highest BCUT2D eigenvalue weighted by molar-refractivity contribution is 6.14. The molecule has 27 heavy (non-hydrogen) atoms. The van der Waals surface area contributed by atoms with Crippen LogP contribution in [0, 0.1) is 5.92 Å². The van der Waals surface area contributed by atoms with Crippen LogP contribution < -0.4 is 0 Å². The Morgan fingerprint density at radius 1 is 0.778 bits per heavy atom. The van der Waals surface area contributed by atoms with Gasteiger partial charge in [0.15, 0.2) is 0 Å². The van der Waals surface area contributed by atoms with E-state index in [0.29, 0.717) is 12.0 Å². The third-order valence-electron chi connectivity index (χ3n) is 5.80. The van der Waals surface area contributed by atoms with Crippen LogP contribution in [0.15, 0.2) is 97.1 Å². The van der Waals surface area contributed by atoms with E-state index >= 15 is 0 Å². The van der Waals surface area contributed by atoms with Gasteiger partial charge in [0.2, 0.25) is 0 Å². The first kappa shape index (κ1) is 16.1. The minimum absolute atomic E-state index is 0.424. The van der Waals surface area contributed by atoms with E-state index in [1.165, 1.54) is 32.9 Å². The number of hydrogen-bond acceptors (Lipinski definition) is 0. The molecular formula is C26H23N. The van der Waals surface area contributed by atoms with E-state index in [1.807, 2.05) is 0 Å². The van der Waals surface area contributed by atoms with Crippen molar-refractivity contribution < 1.29 is 0 Å². The second-order valence-corrected chi connectivity index (χ2v) is 7.43. The SMILES string of the molecule is CC1C=CC=CCC1n1c2ccccc2c2c(-c3ccccc3)cccc21. The van der Waals surface area contributed by atoms with E-state index in [4.69, 9.17) is 0 Å². The number of aromatic nitrogens is 1. The number of fused-ring (bicyclic) bond motifs is 3. The zero-order valence-electron chi connectivity index (χ0n) is 15.5. The molecule has 2 unspecified atom stereocenters. The van der Waals surface area contributed by atoms with Gasteiger partial charge in [-0.25, -0.2) is 0 Å². The monoisotopic (exact) mass is 349 g/mol. The molecule has 0 N–H and O–H groups in total. The molecule has 1 aliphatic rings. The van der Waals surface area contributed by atoms with Gasteiger partial charge < -0.3 is 4.57 Å². The summed E-state index contributed by atoms with van der Waals surface area (Å²) in [6, 6.07) is 26.8. The predicted molar refractivity (Wildman–Crippen MR) is 116 cm³/mol. The first-order valence-electron chi connectivity index (χ1n) is 9.75. The van der Waals surface area contributed by atoms with E-state index in [9.17, 15) is 0 Å². The maximum atomic E-state index is 2.57. The normalized spacial score (nSPS) is 19.6. The molecule has 0 radical (unpaired) electrons. The standard InChI is InChI=1S/C26H23N/c1-19-11-4-2-7-16-23(19)27-24-17-9-8-14-22(24)26-21(15-10-18-25(26)27)20-12-5-3-6-13-20/h2-15,17-19,23H,16H2,1H3. The summed E-state index contributed by atoms with van der Waals surface area (Å²) in [7, 11) is 0. The molecule has 0 fully saturated rings. The van der Waals surface area contributed by atoms with Gasteiger partial charge in [0, 0.05) is 22.3 Å². The Morgan fingerprint density at radius 2 is 1.56 bits per heavy atom. The lowest BCUT2D eigenvalue weighted by atomic mass is 9.98. The Kier molecular flexibility index (Phi) is 3.94. The fourth-order valence-corrected chi connectivity index (χ4v) is 4.48. The molecule has 1 aromatic heterocycles. The molecule has 0 saturated heterocycles. The molecule has 0 bridgehead atoms. The molecular weight excluding hydrogens is 326 g/mol. The van der Waals surface area contributed by atoms with Crippen molar-refractivity contribution in [3.63, 3.8) is 0 Å². The number of benzene rings is 3. The Bertz CT molecular complexity index is 1160. The van der Waals surface area contributed by atoms with Gasteiger partial charge in [0.1, 0.15) is 0 Å². The van der Waals surface area contributed by atoms with Crippen LogP contribution in [0.4, 0.5) is 0 Å². The number of nitrogens with zero attached hydrogens (tertiary/aromatic N) is 1. The van der Waals surface area contributed by atoms with Crippen molar-refractivity contribution in [2.24, 2.45) is 5.92 Å². The minimum Gasteiger partial charge on any atom is -0.336 e. The number of para-hydroxylation sites is 1. The Morgan fingerprint density at radius 3 is 2.44 bits per heavy atom. The van der Waals surface area contributed by atoms with Crippen LogP contribution in [0.1, 0.15) is 19.4 Å². The third kappa shape index (κ3) is 2.62. The summed E-state index contributed by atoms with van der Waals surface area (Å²) >= 11 is 0. The van der Waals surface area contributed by atoms with Crippen LogP contribution in [0.5, 0.6) is 0 Å². The van der Waals surface area contributed by atoms with Gasteiger partial charge in [-0.15, -0.1) is 0 Å². The highest BCUT2D eigenvalue weighted by atomic mass is 15.0. The molecule has 1 aliphatic carbocycles. The number of hydrogen-bond donors (Lipinski definition) is 0. The summed E-state index contributed by atoms with van der Waals surface area (Å²) in [6.45, 7) is 2.33. The second-order valence-electron chi connectivity index (χ2n) is 7.43. The largest absolute Gasteiger partial charge is 0.336 e. The van der Waals surface area contributed by atoms with Gasteiger partial charge in [-0.3, -0.25) is 0 Å². The van der Waals surface area contributed by atoms with Gasteiger partial charge in [-0.05, 0) is 35.6 Å². The Hall–Kier alpha value is -3.06. The van der Waals surface area contributed by atoms with Gasteiger partial charge in [0.05, 0.1) is 5.52 Å². The van der Waals surface area contributed by atoms with Gasteiger partial charge in [0.25, 0.3) is 0 Å². The molecule has 2 atom stereocenters. The Balaban J connectivity index is 1.86. The van der Waals surface area contributed by atoms with Gasteiger partial charge in [-0.1, -0.05) is 91.9 Å². The summed E-state index contributed by atoms with van der Waals surface area (Å²) in [6.07, 6.45) is 10.0. The fourth-order valence-electron chi connectivity index (χ4n) is 4.48. The first-order valence-corrected chi connectivity index (χ1v) is 9.75. The highest BCUT2D eigenvalue weighted by Crippen LogP contribution is 2.41. The molecule has 1 heterocycles. The summed E-state index contributed by atoms with van der Waals surface area (Å²) in [5.41, 5.74) is 5.25. The second kappa shape index (κ2) is 6.59. The van der Waals surface area contributed by atoms with E-state index in [-0.39, 0.29) is 0 Å². The smallest absolute Gasteiger partial charge is 0.0500 e. The van der Waals surface area contributed by atoms with Gasteiger partial charge in [-0.2, -0.15) is 0 Å². The lowest BCUT2D eigenvalue weighted by Crippen LogP contribution is -2.14. The summed E-state index contributed by atoms with van der Waals surface area (Å²) < 4.78 is 2.57. The quantitative estimate of drug-likeness (QED) is 0.362. The predicted octanol–water partition coefficient (Wildman–Crippen LogP) is 7.15. The minimum atomic E-state index is 0.424. The van der Waals surface area contributed by atoms with Crippen LogP contribution in [0.25, 0.3) is 32.9 Å². The van der Waals surface area contributed by atoms with Crippen molar-refractivity contribution >= 4 is 21.8 Å². The van der Waals surface area contributed by atoms with Crippen LogP contribution in [-0.4, -0.2) is 4.57 Å². The van der Waals surface area contributed by atoms with E-state index in [1.54, 1.807) is 0 Å². The Labute approximate surface area is 160 Å². The van der Waals surface area contributed by atoms with Crippen molar-refractivity contribution in [2.75, 3.05) is 0 Å².